The number of hydrogen-bond acceptors (Lipinski definition) is 3. The number of ether oxygens (including phenoxy) is 1. The summed E-state index contributed by atoms with van der Waals surface area (Å²) >= 11 is 0. The summed E-state index contributed by atoms with van der Waals surface area (Å²) in [5, 5.41) is 0. The maximum atomic E-state index is 13.5. The van der Waals surface area contributed by atoms with E-state index >= 15 is 0 Å². The van der Waals surface area contributed by atoms with E-state index in [1.165, 1.54) is 24.3 Å². The zero-order valence-electron chi connectivity index (χ0n) is 19.4. The van der Waals surface area contributed by atoms with Crippen molar-refractivity contribution in [3.63, 3.8) is 0 Å². The lowest BCUT2D eigenvalue weighted by Gasteiger charge is -2.43. The second-order valence-corrected chi connectivity index (χ2v) is 8.52. The number of nitrogens with zero attached hydrogens (tertiary/aromatic N) is 2. The van der Waals surface area contributed by atoms with E-state index < -0.39 is 5.60 Å². The van der Waals surface area contributed by atoms with E-state index in [1.54, 1.807) is 29.2 Å². The molecular formula is C25H34F2N2O2. The third kappa shape index (κ3) is 6.76. The summed E-state index contributed by atoms with van der Waals surface area (Å²) in [4.78, 5) is 16.5. The summed E-state index contributed by atoms with van der Waals surface area (Å²) in [5.74, 6) is -0.593. The van der Waals surface area contributed by atoms with Crippen LogP contribution in [0.1, 0.15) is 58.7 Å². The smallest absolute Gasteiger partial charge is 0.410 e. The average Bonchev–Trinajstić information content (AvgIpc) is 2.71. The number of piperazine rings is 1. The minimum Gasteiger partial charge on any atom is -0.444 e. The topological polar surface area (TPSA) is 32.8 Å². The monoisotopic (exact) mass is 432 g/mol. The molecule has 1 aliphatic heterocycles. The normalized spacial score (nSPS) is 17.2. The molecule has 0 radical (unpaired) electrons. The summed E-state index contributed by atoms with van der Waals surface area (Å²) in [7, 11) is 0. The van der Waals surface area contributed by atoms with Gasteiger partial charge in [0, 0.05) is 25.7 Å². The van der Waals surface area contributed by atoms with E-state index in [0.29, 0.717) is 19.6 Å². The number of amides is 1. The fourth-order valence-electron chi connectivity index (χ4n) is 3.72. The van der Waals surface area contributed by atoms with Crippen LogP contribution in [0.25, 0.3) is 0 Å². The van der Waals surface area contributed by atoms with E-state index in [1.807, 2.05) is 41.5 Å². The second kappa shape index (κ2) is 10.7. The van der Waals surface area contributed by atoms with Gasteiger partial charge in [-0.2, -0.15) is 0 Å². The van der Waals surface area contributed by atoms with Crippen LogP contribution in [0, 0.1) is 11.6 Å². The van der Waals surface area contributed by atoms with Crippen LogP contribution in [0.15, 0.2) is 48.5 Å². The Bertz CT molecular complexity index is 787. The van der Waals surface area contributed by atoms with Crippen molar-refractivity contribution in [2.24, 2.45) is 0 Å². The molecule has 6 heteroatoms. The van der Waals surface area contributed by atoms with Crippen LogP contribution in [0.4, 0.5) is 13.6 Å². The highest BCUT2D eigenvalue weighted by molar-refractivity contribution is 5.68. The maximum absolute atomic E-state index is 13.5. The van der Waals surface area contributed by atoms with Crippen LogP contribution in [0.3, 0.4) is 0 Å². The molecule has 2 aromatic carbocycles. The molecule has 0 bridgehead atoms. The molecule has 4 nitrogen and oxygen atoms in total. The van der Waals surface area contributed by atoms with Gasteiger partial charge in [-0.05, 0) is 63.1 Å². The predicted molar refractivity (Wildman–Crippen MR) is 120 cm³/mol. The lowest BCUT2D eigenvalue weighted by atomic mass is 9.95. The minimum absolute atomic E-state index is 0.0537. The molecule has 1 saturated heterocycles. The lowest BCUT2D eigenvalue weighted by molar-refractivity contribution is -0.00223. The van der Waals surface area contributed by atoms with Crippen molar-refractivity contribution in [3.8, 4) is 0 Å². The number of carbonyl (C=O) groups excluding carboxylic acids is 1. The Morgan fingerprint density at radius 3 is 1.77 bits per heavy atom. The molecule has 0 N–H and O–H groups in total. The van der Waals surface area contributed by atoms with Crippen LogP contribution in [-0.2, 0) is 4.74 Å². The summed E-state index contributed by atoms with van der Waals surface area (Å²) < 4.78 is 32.5. The quantitative estimate of drug-likeness (QED) is 0.594. The van der Waals surface area contributed by atoms with Crippen LogP contribution in [0.2, 0.25) is 0 Å². The highest BCUT2D eigenvalue weighted by Gasteiger charge is 2.34. The first-order valence-electron chi connectivity index (χ1n) is 10.9. The molecule has 1 aliphatic rings. The van der Waals surface area contributed by atoms with E-state index in [0.717, 1.165) is 11.1 Å². The summed E-state index contributed by atoms with van der Waals surface area (Å²) in [6.07, 6.45) is -0.315. The first-order valence-corrected chi connectivity index (χ1v) is 10.9. The Morgan fingerprint density at radius 1 is 0.935 bits per heavy atom. The molecule has 1 unspecified atom stereocenters. The molecule has 0 aliphatic carbocycles. The van der Waals surface area contributed by atoms with Gasteiger partial charge in [0.15, 0.2) is 0 Å². The molecule has 1 fully saturated rings. The van der Waals surface area contributed by atoms with Crippen LogP contribution < -0.4 is 0 Å². The molecule has 0 aromatic heterocycles. The van der Waals surface area contributed by atoms with E-state index in [4.69, 9.17) is 4.74 Å². The molecule has 2 aromatic rings. The van der Waals surface area contributed by atoms with Gasteiger partial charge in [-0.15, -0.1) is 0 Å². The summed E-state index contributed by atoms with van der Waals surface area (Å²) in [6.45, 7) is 13.3. The van der Waals surface area contributed by atoms with Crippen molar-refractivity contribution in [3.05, 3.63) is 71.3 Å². The molecule has 1 heterocycles. The molecule has 0 saturated carbocycles. The Labute approximate surface area is 184 Å². The number of benzene rings is 2. The zero-order chi connectivity index (χ0) is 23.2. The summed E-state index contributed by atoms with van der Waals surface area (Å²) in [6, 6.07) is 12.6. The Morgan fingerprint density at radius 2 is 1.39 bits per heavy atom. The van der Waals surface area contributed by atoms with Gasteiger partial charge in [0.25, 0.3) is 0 Å². The van der Waals surface area contributed by atoms with Gasteiger partial charge < -0.3 is 9.64 Å². The number of halogens is 2. The first kappa shape index (κ1) is 24.8. The van der Waals surface area contributed by atoms with Gasteiger partial charge in [0.05, 0.1) is 6.04 Å². The Balaban J connectivity index is 0.00000166. The van der Waals surface area contributed by atoms with Gasteiger partial charge in [-0.3, -0.25) is 4.90 Å². The van der Waals surface area contributed by atoms with Crippen molar-refractivity contribution in [2.75, 3.05) is 19.6 Å². The van der Waals surface area contributed by atoms with Crippen LogP contribution >= 0.6 is 0 Å². The number of rotatable bonds is 3. The SMILES string of the molecule is CC.CC1CN(C(c2ccc(F)cc2)c2ccc(F)cc2)CCN1C(=O)OC(C)(C)C. The van der Waals surface area contributed by atoms with E-state index in [2.05, 4.69) is 4.90 Å². The van der Waals surface area contributed by atoms with Crippen molar-refractivity contribution in [1.29, 1.82) is 0 Å². The van der Waals surface area contributed by atoms with Crippen LogP contribution in [0.5, 0.6) is 0 Å². The third-order valence-corrected chi connectivity index (χ3v) is 5.02. The average molecular weight is 433 g/mol. The largest absolute Gasteiger partial charge is 0.444 e. The fraction of sp³-hybridized carbons (Fsp3) is 0.480. The zero-order valence-corrected chi connectivity index (χ0v) is 19.4. The van der Waals surface area contributed by atoms with Crippen LogP contribution in [-0.4, -0.2) is 47.2 Å². The van der Waals surface area contributed by atoms with E-state index in [-0.39, 0.29) is 29.8 Å². The van der Waals surface area contributed by atoms with Gasteiger partial charge in [0.1, 0.15) is 17.2 Å². The van der Waals surface area contributed by atoms with Crippen molar-refractivity contribution in [1.82, 2.24) is 9.80 Å². The lowest BCUT2D eigenvalue weighted by Crippen LogP contribution is -2.55. The Kier molecular flexibility index (Phi) is 8.57. The van der Waals surface area contributed by atoms with Gasteiger partial charge in [-0.25, -0.2) is 13.6 Å². The van der Waals surface area contributed by atoms with Crippen molar-refractivity contribution < 1.29 is 18.3 Å². The molecule has 1 atom stereocenters. The predicted octanol–water partition coefficient (Wildman–Crippen LogP) is 6.02. The second-order valence-electron chi connectivity index (χ2n) is 8.52. The molecule has 1 amide bonds. The molecule has 3 rings (SSSR count). The molecule has 0 spiro atoms. The molecule has 170 valence electrons. The van der Waals surface area contributed by atoms with Gasteiger partial charge in [0.2, 0.25) is 0 Å². The van der Waals surface area contributed by atoms with Crippen molar-refractivity contribution in [2.45, 2.75) is 59.2 Å². The Hall–Kier alpha value is -2.47. The van der Waals surface area contributed by atoms with Gasteiger partial charge in [-0.1, -0.05) is 38.1 Å². The van der Waals surface area contributed by atoms with E-state index in [9.17, 15) is 13.6 Å². The molecular weight excluding hydrogens is 398 g/mol. The minimum atomic E-state index is -0.543. The number of hydrogen-bond donors (Lipinski definition) is 0. The summed E-state index contributed by atoms with van der Waals surface area (Å²) in [5.41, 5.74) is 1.31. The number of carbonyl (C=O) groups is 1. The maximum Gasteiger partial charge on any atom is 0.410 e. The third-order valence-electron chi connectivity index (χ3n) is 5.02. The van der Waals surface area contributed by atoms with Crippen molar-refractivity contribution >= 4 is 6.09 Å². The first-order chi connectivity index (χ1) is 14.6. The van der Waals surface area contributed by atoms with Gasteiger partial charge >= 0.3 is 6.09 Å². The fourth-order valence-corrected chi connectivity index (χ4v) is 3.72. The highest BCUT2D eigenvalue weighted by atomic mass is 19.1. The highest BCUT2D eigenvalue weighted by Crippen LogP contribution is 2.31. The standard InChI is InChI=1S/C23H28F2N2O2.C2H6/c1-16-15-26(13-14-27(16)22(28)29-23(2,3)4)21(17-5-9-19(24)10-6-17)18-7-11-20(25)12-8-18;1-2/h5-12,16,21H,13-15H2,1-4H3;1-2H3. The molecule has 31 heavy (non-hydrogen) atoms.